The zero-order valence-corrected chi connectivity index (χ0v) is 48.8. The minimum atomic E-state index is -6.00. The van der Waals surface area contributed by atoms with Gasteiger partial charge in [-0.3, -0.25) is 0 Å². The molecule has 2 aliphatic rings. The molecule has 0 saturated carbocycles. The molecule has 0 aromatic heterocycles. The summed E-state index contributed by atoms with van der Waals surface area (Å²) in [6, 6.07) is 0. The van der Waals surface area contributed by atoms with Crippen molar-refractivity contribution >= 4 is 46.2 Å². The molecule has 0 bridgehead atoms. The largest absolute Gasteiger partial charge is 0.673 e. The number of hydrogen-bond acceptors (Lipinski definition) is 0. The average molecular weight is 1120 g/mol. The van der Waals surface area contributed by atoms with Gasteiger partial charge in [-0.05, 0) is 176 Å². The van der Waals surface area contributed by atoms with E-state index in [-0.39, 0.29) is 70.6 Å². The van der Waals surface area contributed by atoms with E-state index in [1.54, 1.807) is 0 Å². The van der Waals surface area contributed by atoms with Crippen LogP contribution in [0.3, 0.4) is 0 Å². The Hall–Kier alpha value is 1.50. The van der Waals surface area contributed by atoms with E-state index in [1.165, 1.54) is 63.2 Å². The number of halogens is 8. The second kappa shape index (κ2) is 33.9. The van der Waals surface area contributed by atoms with Crippen molar-refractivity contribution < 1.29 is 73.5 Å². The summed E-state index contributed by atoms with van der Waals surface area (Å²) >= 11 is 0. The Balaban J connectivity index is -0.000000153. The molecule has 0 aliphatic heterocycles. The van der Waals surface area contributed by atoms with E-state index < -0.39 is 14.5 Å². The molecule has 0 aromatic rings. The van der Waals surface area contributed by atoms with Gasteiger partial charge in [-0.1, -0.05) is 48.6 Å². The van der Waals surface area contributed by atoms with Crippen molar-refractivity contribution in [3.05, 3.63) is 48.6 Å². The maximum atomic E-state index is 9.75. The van der Waals surface area contributed by atoms with E-state index >= 15 is 0 Å². The number of rotatable bonds is 4. The first-order valence-electron chi connectivity index (χ1n) is 21.3. The van der Waals surface area contributed by atoms with Crippen LogP contribution in [-0.2, 0) is 39.0 Å². The van der Waals surface area contributed by atoms with Gasteiger partial charge >= 0.3 is 14.5 Å². The summed E-state index contributed by atoms with van der Waals surface area (Å²) in [5.74, 6) is 3.07. The van der Waals surface area contributed by atoms with Gasteiger partial charge in [-0.25, -0.2) is 0 Å². The van der Waals surface area contributed by atoms with E-state index in [2.05, 4.69) is 187 Å². The molecule has 0 spiro atoms. The minimum Gasteiger partial charge on any atom is -0.418 e. The first-order chi connectivity index (χ1) is 25.5. The van der Waals surface area contributed by atoms with Crippen LogP contribution in [0.1, 0.15) is 176 Å². The Morgan fingerprint density at radius 2 is 0.433 bits per heavy atom. The van der Waals surface area contributed by atoms with E-state index in [4.69, 9.17) is 0 Å². The molecule has 0 N–H and O–H groups in total. The normalized spacial score (nSPS) is 18.4. The van der Waals surface area contributed by atoms with Gasteiger partial charge in [0.05, 0.1) is 44.3 Å². The van der Waals surface area contributed by atoms with Crippen LogP contribution < -0.4 is 0 Å². The van der Waals surface area contributed by atoms with Gasteiger partial charge in [0.25, 0.3) is 0 Å². The van der Waals surface area contributed by atoms with E-state index in [0.29, 0.717) is 30.9 Å². The minimum absolute atomic E-state index is 0. The van der Waals surface area contributed by atoms with Gasteiger partial charge in [0.2, 0.25) is 0 Å². The van der Waals surface area contributed by atoms with Crippen LogP contribution in [0.15, 0.2) is 48.6 Å². The van der Waals surface area contributed by atoms with Crippen molar-refractivity contribution in [2.75, 3.05) is 25.1 Å². The summed E-state index contributed by atoms with van der Waals surface area (Å²) < 4.78 is 78.0. The maximum Gasteiger partial charge on any atom is 0.673 e. The van der Waals surface area contributed by atoms with Crippen molar-refractivity contribution in [3.8, 4) is 0 Å². The summed E-state index contributed by atoms with van der Waals surface area (Å²) in [5.41, 5.74) is 0. The molecule has 0 aromatic carbocycles. The fourth-order valence-corrected chi connectivity index (χ4v) is 27.6. The molecular formula is C44H92B2F8P4Rh2+2. The molecule has 16 heteroatoms. The van der Waals surface area contributed by atoms with Gasteiger partial charge in [0.1, 0.15) is 0 Å². The average Bonchev–Trinajstić information content (AvgIpc) is 2.89. The van der Waals surface area contributed by atoms with Crippen LogP contribution in [0.4, 0.5) is 34.5 Å². The molecule has 0 fully saturated rings. The molecule has 0 nitrogen and oxygen atoms in total. The van der Waals surface area contributed by atoms with Crippen LogP contribution in [-0.4, -0.2) is 70.6 Å². The molecule has 0 saturated heterocycles. The molecule has 2 rings (SSSR count). The summed E-state index contributed by atoms with van der Waals surface area (Å²) in [6.45, 7) is 49.0. The number of hydrogen-bond donors (Lipinski definition) is 0. The van der Waals surface area contributed by atoms with E-state index in [9.17, 15) is 34.5 Å². The molecule has 2 atom stereocenters. The van der Waals surface area contributed by atoms with Crippen LogP contribution in [0.5, 0.6) is 0 Å². The van der Waals surface area contributed by atoms with Crippen LogP contribution in [0.2, 0.25) is 0 Å². The topological polar surface area (TPSA) is 0 Å². The molecule has 2 aliphatic carbocycles. The molecule has 366 valence electrons. The van der Waals surface area contributed by atoms with Crippen molar-refractivity contribution in [1.82, 2.24) is 0 Å². The third-order valence-corrected chi connectivity index (χ3v) is 29.2. The Morgan fingerprint density at radius 3 is 0.517 bits per heavy atom. The van der Waals surface area contributed by atoms with E-state index in [1.807, 2.05) is 0 Å². The fourth-order valence-electron chi connectivity index (χ4n) is 6.08. The van der Waals surface area contributed by atoms with Gasteiger partial charge in [-0.2, -0.15) is 0 Å². The fraction of sp³-hybridized carbons (Fsp3) is 0.818. The third kappa shape index (κ3) is 53.8. The first-order valence-corrected chi connectivity index (χ1v) is 29.1. The SMILES string of the molecule is C1=C\CC/C=C\CC/1.C1=C\CC/C=C\CC/1.C[PH+](C[PH+](C(C)(C)C)C(C)(C)C)C(C)(C)C.C[PH+](C[PH+](C(C)(C)C)C(C)(C)C)C(C)(C)C.F[B-](F)(F)F.F[B-](F)(F)F.[Rh].[Rh]. The van der Waals surface area contributed by atoms with Crippen molar-refractivity contribution in [2.24, 2.45) is 0 Å². The Kier molecular flexibility index (Phi) is 41.3. The molecular weight excluding hydrogens is 1030 g/mol. The van der Waals surface area contributed by atoms with Crippen LogP contribution in [0.25, 0.3) is 0 Å². The maximum absolute atomic E-state index is 9.75. The summed E-state index contributed by atoms with van der Waals surface area (Å²) in [6.07, 6.45) is 28.0. The molecule has 60 heavy (non-hydrogen) atoms. The van der Waals surface area contributed by atoms with Gasteiger partial charge in [0.15, 0.2) is 11.8 Å². The predicted molar refractivity (Wildman–Crippen MR) is 267 cm³/mol. The molecule has 0 amide bonds. The van der Waals surface area contributed by atoms with Crippen molar-refractivity contribution in [3.63, 3.8) is 0 Å². The van der Waals surface area contributed by atoms with E-state index in [0.717, 1.165) is 0 Å². The quantitative estimate of drug-likeness (QED) is 0.114. The molecule has 2 radical (unpaired) electrons. The standard InChI is InChI=1S/2C14H32P2.2C8H12.2BF4.2Rh/c2*1-12(2,3)15(10)11-16(13(4,5)6)14(7,8)9;2*1-2-4-6-8-7-5-3-1;2*2-1(3,4)5;;/h2*11H2,1-10H3;2*1-2,7-8H,3-6H2;;;;/q;;;;2*-1;;/p+4/b;;2*2-1-,8-7-;;;;. The smallest absolute Gasteiger partial charge is 0.418 e. The van der Waals surface area contributed by atoms with Gasteiger partial charge in [-0.15, -0.1) is 0 Å². The van der Waals surface area contributed by atoms with Gasteiger partial charge in [0, 0.05) is 70.6 Å². The predicted octanol–water partition coefficient (Wildman–Crippen LogP) is 18.7. The number of allylic oxidation sites excluding steroid dienone is 8. The monoisotopic (exact) mass is 1120 g/mol. The molecule has 0 heterocycles. The molecule has 2 unspecified atom stereocenters. The Labute approximate surface area is 397 Å². The summed E-state index contributed by atoms with van der Waals surface area (Å²) in [5, 5.41) is 3.22. The second-order valence-corrected chi connectivity index (χ2v) is 38.4. The first kappa shape index (κ1) is 73.1. The Bertz CT molecular complexity index is 973. The Morgan fingerprint density at radius 1 is 0.317 bits per heavy atom. The zero-order chi connectivity index (χ0) is 47.0. The third-order valence-electron chi connectivity index (χ3n) is 9.73. The van der Waals surface area contributed by atoms with Crippen LogP contribution in [0, 0.1) is 0 Å². The van der Waals surface area contributed by atoms with Crippen molar-refractivity contribution in [1.29, 1.82) is 0 Å². The summed E-state index contributed by atoms with van der Waals surface area (Å²) in [4.78, 5) is 0. The van der Waals surface area contributed by atoms with Crippen molar-refractivity contribution in [2.45, 2.75) is 207 Å². The van der Waals surface area contributed by atoms with Crippen LogP contribution >= 0.6 is 31.7 Å². The second-order valence-electron chi connectivity index (χ2n) is 21.6. The van der Waals surface area contributed by atoms with Gasteiger partial charge < -0.3 is 34.5 Å². The zero-order valence-electron chi connectivity index (χ0n) is 41.5. The summed E-state index contributed by atoms with van der Waals surface area (Å²) in [7, 11) is -13.1.